The average molecular weight is 379 g/mol. The average Bonchev–Trinajstić information content (AvgIpc) is 2.28. The van der Waals surface area contributed by atoms with Gasteiger partial charge in [0, 0.05) is 4.47 Å². The van der Waals surface area contributed by atoms with E-state index in [0.29, 0.717) is 17.3 Å². The maximum absolute atomic E-state index is 11.6. The highest BCUT2D eigenvalue weighted by atomic mass is 79.9. The van der Waals surface area contributed by atoms with E-state index in [1.807, 2.05) is 40.7 Å². The van der Waals surface area contributed by atoms with Crippen molar-refractivity contribution in [2.45, 2.75) is 45.8 Å². The van der Waals surface area contributed by atoms with E-state index in [0.717, 1.165) is 4.47 Å². The summed E-state index contributed by atoms with van der Waals surface area (Å²) < 4.78 is 11.9. The monoisotopic (exact) mass is 377 g/mol. The third-order valence-electron chi connectivity index (χ3n) is 2.34. The van der Waals surface area contributed by atoms with Crippen LogP contribution in [0.25, 0.3) is 0 Å². The number of hydrogen-bond donors (Lipinski definition) is 1. The van der Waals surface area contributed by atoms with E-state index in [2.05, 4.69) is 21.2 Å². The smallest absolute Gasteiger partial charge is 0.407 e. The molecule has 0 heterocycles. The highest BCUT2D eigenvalue weighted by Gasteiger charge is 2.24. The first kappa shape index (κ1) is 18.1. The van der Waals surface area contributed by atoms with Crippen molar-refractivity contribution in [1.82, 2.24) is 5.32 Å². The topological polar surface area (TPSA) is 47.6 Å². The molecule has 0 atom stereocenters. The molecule has 0 radical (unpaired) electrons. The first-order valence-corrected chi connectivity index (χ1v) is 7.76. The number of alkyl carbamates (subject to hydrolysis) is 1. The second-order valence-electron chi connectivity index (χ2n) is 6.29. The molecular weight excluding hydrogens is 358 g/mol. The third kappa shape index (κ3) is 7.05. The van der Waals surface area contributed by atoms with Crippen LogP contribution in [-0.2, 0) is 4.74 Å². The number of ether oxygens (including phenoxy) is 2. The van der Waals surface area contributed by atoms with Gasteiger partial charge in [-0.3, -0.25) is 0 Å². The molecule has 0 unspecified atom stereocenters. The zero-order valence-corrected chi connectivity index (χ0v) is 15.3. The van der Waals surface area contributed by atoms with Crippen LogP contribution in [0.3, 0.4) is 0 Å². The Morgan fingerprint density at radius 2 is 1.90 bits per heavy atom. The van der Waals surface area contributed by atoms with Crippen molar-refractivity contribution in [3.05, 3.63) is 27.7 Å². The Balaban J connectivity index is 2.59. The Labute approximate surface area is 139 Å². The summed E-state index contributed by atoms with van der Waals surface area (Å²) in [4.78, 5) is 11.6. The molecule has 1 aromatic carbocycles. The van der Waals surface area contributed by atoms with Gasteiger partial charge in [0.2, 0.25) is 0 Å². The molecule has 118 valence electrons. The van der Waals surface area contributed by atoms with Gasteiger partial charge in [-0.1, -0.05) is 27.5 Å². The minimum atomic E-state index is -0.617. The number of hydrogen-bond acceptors (Lipinski definition) is 3. The maximum atomic E-state index is 11.6. The van der Waals surface area contributed by atoms with Gasteiger partial charge in [-0.05, 0) is 52.8 Å². The number of rotatable bonds is 4. The standard InChI is InChI=1S/C15H21BrClNO3/c1-14(2,3)21-13(19)18-9-15(4,5)20-12-7-6-10(16)8-11(12)17/h6-8H,9H2,1-5H3,(H,18,19). The van der Waals surface area contributed by atoms with Crippen molar-refractivity contribution in [1.29, 1.82) is 0 Å². The molecule has 6 heteroatoms. The normalized spacial score (nSPS) is 12.0. The van der Waals surface area contributed by atoms with Crippen molar-refractivity contribution in [3.63, 3.8) is 0 Å². The van der Waals surface area contributed by atoms with Gasteiger partial charge < -0.3 is 14.8 Å². The second-order valence-corrected chi connectivity index (χ2v) is 7.61. The Kier molecular flexibility index (Phi) is 5.93. The predicted octanol–water partition coefficient (Wildman–Crippen LogP) is 4.78. The summed E-state index contributed by atoms with van der Waals surface area (Å²) in [5.41, 5.74) is -1.14. The summed E-state index contributed by atoms with van der Waals surface area (Å²) in [6.07, 6.45) is -0.471. The summed E-state index contributed by atoms with van der Waals surface area (Å²) in [6, 6.07) is 5.38. The lowest BCUT2D eigenvalue weighted by molar-refractivity contribution is 0.0443. The van der Waals surface area contributed by atoms with E-state index in [4.69, 9.17) is 21.1 Å². The molecule has 0 aromatic heterocycles. The van der Waals surface area contributed by atoms with Crippen LogP contribution in [-0.4, -0.2) is 23.8 Å². The number of halogens is 2. The third-order valence-corrected chi connectivity index (χ3v) is 3.13. The molecule has 1 N–H and O–H groups in total. The highest BCUT2D eigenvalue weighted by Crippen LogP contribution is 2.30. The summed E-state index contributed by atoms with van der Waals surface area (Å²) in [7, 11) is 0. The van der Waals surface area contributed by atoms with Crippen LogP contribution in [0.5, 0.6) is 5.75 Å². The maximum Gasteiger partial charge on any atom is 0.407 e. The van der Waals surface area contributed by atoms with Crippen LogP contribution in [0.4, 0.5) is 4.79 Å². The lowest BCUT2D eigenvalue weighted by Crippen LogP contribution is -2.44. The number of carbonyl (C=O) groups is 1. The molecule has 1 amide bonds. The van der Waals surface area contributed by atoms with Crippen LogP contribution < -0.4 is 10.1 Å². The molecule has 0 saturated heterocycles. The summed E-state index contributed by atoms with van der Waals surface area (Å²) in [5.74, 6) is 0.566. The Bertz CT molecular complexity index is 512. The molecule has 0 saturated carbocycles. The van der Waals surface area contributed by atoms with Crippen LogP contribution >= 0.6 is 27.5 Å². The number of benzene rings is 1. The van der Waals surface area contributed by atoms with Gasteiger partial charge in [0.1, 0.15) is 17.0 Å². The minimum Gasteiger partial charge on any atom is -0.484 e. The van der Waals surface area contributed by atoms with Crippen molar-refractivity contribution >= 4 is 33.6 Å². The SMILES string of the molecule is CC(C)(C)OC(=O)NCC(C)(C)Oc1ccc(Br)cc1Cl. The van der Waals surface area contributed by atoms with E-state index < -0.39 is 17.3 Å². The summed E-state index contributed by atoms with van der Waals surface area (Å²) in [6.45, 7) is 9.47. The Morgan fingerprint density at radius 3 is 2.43 bits per heavy atom. The van der Waals surface area contributed by atoms with E-state index in [9.17, 15) is 4.79 Å². The summed E-state index contributed by atoms with van der Waals surface area (Å²) in [5, 5.41) is 3.20. The van der Waals surface area contributed by atoms with Crippen LogP contribution in [0.1, 0.15) is 34.6 Å². The molecule has 1 rings (SSSR count). The van der Waals surface area contributed by atoms with Crippen molar-refractivity contribution in [2.24, 2.45) is 0 Å². The van der Waals surface area contributed by atoms with Gasteiger partial charge in [-0.25, -0.2) is 4.79 Å². The number of carbonyl (C=O) groups excluding carboxylic acids is 1. The molecule has 1 aromatic rings. The van der Waals surface area contributed by atoms with E-state index in [1.165, 1.54) is 0 Å². The highest BCUT2D eigenvalue weighted by molar-refractivity contribution is 9.10. The fraction of sp³-hybridized carbons (Fsp3) is 0.533. The van der Waals surface area contributed by atoms with Crippen molar-refractivity contribution < 1.29 is 14.3 Å². The lowest BCUT2D eigenvalue weighted by Gasteiger charge is -2.28. The van der Waals surface area contributed by atoms with E-state index >= 15 is 0 Å². The predicted molar refractivity (Wildman–Crippen MR) is 88.1 cm³/mol. The van der Waals surface area contributed by atoms with Gasteiger partial charge in [-0.15, -0.1) is 0 Å². The van der Waals surface area contributed by atoms with Gasteiger partial charge in [0.15, 0.2) is 0 Å². The molecule has 0 aliphatic carbocycles. The zero-order chi connectivity index (χ0) is 16.3. The number of nitrogens with one attached hydrogen (secondary N) is 1. The molecule has 0 bridgehead atoms. The van der Waals surface area contributed by atoms with Crippen LogP contribution in [0.15, 0.2) is 22.7 Å². The molecule has 4 nitrogen and oxygen atoms in total. The number of amides is 1. The molecule has 0 aliphatic rings. The largest absolute Gasteiger partial charge is 0.484 e. The Hall–Kier alpha value is -0.940. The van der Waals surface area contributed by atoms with Crippen LogP contribution in [0, 0.1) is 0 Å². The van der Waals surface area contributed by atoms with Gasteiger partial charge in [0.25, 0.3) is 0 Å². The zero-order valence-electron chi connectivity index (χ0n) is 12.9. The lowest BCUT2D eigenvalue weighted by atomic mass is 10.1. The molecular formula is C15H21BrClNO3. The Morgan fingerprint density at radius 1 is 1.29 bits per heavy atom. The molecule has 0 fully saturated rings. The van der Waals surface area contributed by atoms with E-state index in [1.54, 1.807) is 12.1 Å². The second kappa shape index (κ2) is 6.88. The van der Waals surface area contributed by atoms with Crippen molar-refractivity contribution in [2.75, 3.05) is 6.54 Å². The first-order chi connectivity index (χ1) is 9.48. The minimum absolute atomic E-state index is 0.300. The van der Waals surface area contributed by atoms with Gasteiger partial charge >= 0.3 is 6.09 Å². The van der Waals surface area contributed by atoms with E-state index in [-0.39, 0.29) is 0 Å². The van der Waals surface area contributed by atoms with Crippen molar-refractivity contribution in [3.8, 4) is 5.75 Å². The van der Waals surface area contributed by atoms with Gasteiger partial charge in [0.05, 0.1) is 11.6 Å². The first-order valence-electron chi connectivity index (χ1n) is 6.59. The fourth-order valence-corrected chi connectivity index (χ4v) is 2.20. The molecule has 0 spiro atoms. The summed E-state index contributed by atoms with van der Waals surface area (Å²) >= 11 is 9.46. The van der Waals surface area contributed by atoms with Crippen LogP contribution in [0.2, 0.25) is 5.02 Å². The molecule has 21 heavy (non-hydrogen) atoms. The van der Waals surface area contributed by atoms with Gasteiger partial charge in [-0.2, -0.15) is 0 Å². The fourth-order valence-electron chi connectivity index (χ4n) is 1.49. The quantitative estimate of drug-likeness (QED) is 0.820. The molecule has 0 aliphatic heterocycles.